The summed E-state index contributed by atoms with van der Waals surface area (Å²) in [6.07, 6.45) is 4.52. The third-order valence-corrected chi connectivity index (χ3v) is 9.11. The fourth-order valence-electron chi connectivity index (χ4n) is 5.31. The molecule has 0 saturated carbocycles. The Hall–Kier alpha value is -1.68. The van der Waals surface area contributed by atoms with E-state index in [4.69, 9.17) is 10.5 Å². The number of nitrogens with one attached hydrogen (secondary N) is 1. The van der Waals surface area contributed by atoms with Crippen LogP contribution < -0.4 is 11.1 Å². The Balaban J connectivity index is 1.33. The smallest absolute Gasteiger partial charge is 0.404 e. The highest BCUT2D eigenvalue weighted by Gasteiger charge is 2.31. The SMILES string of the molecule is NC(=O)OC1CCN(S(=O)(=O)c2cccc(C3CCN(CC4CCNCC4)CC3)c2)CC1. The molecule has 32 heavy (non-hydrogen) atoms. The van der Waals surface area contributed by atoms with Crippen molar-refractivity contribution in [2.24, 2.45) is 11.7 Å². The van der Waals surface area contributed by atoms with Crippen molar-refractivity contribution in [2.45, 2.75) is 55.4 Å². The summed E-state index contributed by atoms with van der Waals surface area (Å²) in [5.41, 5.74) is 6.20. The number of rotatable bonds is 6. The van der Waals surface area contributed by atoms with Gasteiger partial charge in [0.2, 0.25) is 10.0 Å². The Kier molecular flexibility index (Phi) is 7.70. The van der Waals surface area contributed by atoms with E-state index in [2.05, 4.69) is 16.3 Å². The highest BCUT2D eigenvalue weighted by Crippen LogP contribution is 2.31. The quantitative estimate of drug-likeness (QED) is 0.668. The maximum Gasteiger partial charge on any atom is 0.404 e. The lowest BCUT2D eigenvalue weighted by Crippen LogP contribution is -2.42. The number of carbonyl (C=O) groups excluding carboxylic acids is 1. The molecule has 0 aromatic heterocycles. The van der Waals surface area contributed by atoms with Crippen molar-refractivity contribution in [3.05, 3.63) is 29.8 Å². The Bertz CT molecular complexity index is 872. The Morgan fingerprint density at radius 1 is 1.03 bits per heavy atom. The molecule has 3 heterocycles. The van der Waals surface area contributed by atoms with Crippen molar-refractivity contribution in [1.29, 1.82) is 0 Å². The number of nitrogens with two attached hydrogens (primary N) is 1. The number of sulfonamides is 1. The summed E-state index contributed by atoms with van der Waals surface area (Å²) in [7, 11) is -3.56. The van der Waals surface area contributed by atoms with Gasteiger partial charge in [-0.3, -0.25) is 0 Å². The molecule has 8 nitrogen and oxygen atoms in total. The lowest BCUT2D eigenvalue weighted by Gasteiger charge is -2.35. The zero-order valence-electron chi connectivity index (χ0n) is 18.7. The minimum absolute atomic E-state index is 0.305. The number of piperidine rings is 3. The Morgan fingerprint density at radius 3 is 2.38 bits per heavy atom. The largest absolute Gasteiger partial charge is 0.446 e. The summed E-state index contributed by atoms with van der Waals surface area (Å²) in [6.45, 7) is 6.30. The van der Waals surface area contributed by atoms with Gasteiger partial charge in [-0.15, -0.1) is 0 Å². The first-order valence-electron chi connectivity index (χ1n) is 11.9. The highest BCUT2D eigenvalue weighted by molar-refractivity contribution is 7.89. The number of primary amides is 1. The second kappa shape index (κ2) is 10.5. The first-order chi connectivity index (χ1) is 15.4. The molecular formula is C23H36N4O4S. The Labute approximate surface area is 191 Å². The summed E-state index contributed by atoms with van der Waals surface area (Å²) < 4.78 is 32.9. The van der Waals surface area contributed by atoms with E-state index in [1.165, 1.54) is 23.7 Å². The van der Waals surface area contributed by atoms with Crippen LogP contribution >= 0.6 is 0 Å². The van der Waals surface area contributed by atoms with Crippen molar-refractivity contribution < 1.29 is 17.9 Å². The van der Waals surface area contributed by atoms with Crippen LogP contribution in [0.5, 0.6) is 0 Å². The molecule has 9 heteroatoms. The van der Waals surface area contributed by atoms with Gasteiger partial charge in [-0.25, -0.2) is 13.2 Å². The number of likely N-dealkylation sites (tertiary alicyclic amines) is 1. The molecule has 0 spiro atoms. The van der Waals surface area contributed by atoms with Gasteiger partial charge in [0.1, 0.15) is 6.10 Å². The third-order valence-electron chi connectivity index (χ3n) is 7.21. The van der Waals surface area contributed by atoms with Crippen LogP contribution in [0.4, 0.5) is 4.79 Å². The molecule has 3 aliphatic rings. The maximum atomic E-state index is 13.2. The van der Waals surface area contributed by atoms with E-state index in [0.29, 0.717) is 36.7 Å². The molecule has 4 rings (SSSR count). The molecule has 3 fully saturated rings. The average Bonchev–Trinajstić information content (AvgIpc) is 2.80. The van der Waals surface area contributed by atoms with Gasteiger partial charge in [0.15, 0.2) is 0 Å². The molecule has 178 valence electrons. The van der Waals surface area contributed by atoms with E-state index in [1.807, 2.05) is 12.1 Å². The van der Waals surface area contributed by atoms with Crippen LogP contribution in [0.1, 0.15) is 50.0 Å². The van der Waals surface area contributed by atoms with Crippen molar-refractivity contribution >= 4 is 16.1 Å². The normalized spacial score (nSPS) is 23.2. The zero-order valence-corrected chi connectivity index (χ0v) is 19.6. The van der Waals surface area contributed by atoms with Crippen LogP contribution in [0.15, 0.2) is 29.2 Å². The fraction of sp³-hybridized carbons (Fsp3) is 0.696. The second-order valence-corrected chi connectivity index (χ2v) is 11.3. The molecule has 3 N–H and O–H groups in total. The molecule has 0 atom stereocenters. The van der Waals surface area contributed by atoms with Gasteiger partial charge in [0, 0.05) is 19.6 Å². The van der Waals surface area contributed by atoms with Crippen molar-refractivity contribution in [3.63, 3.8) is 0 Å². The van der Waals surface area contributed by atoms with E-state index < -0.39 is 16.1 Å². The third kappa shape index (κ3) is 5.81. The van der Waals surface area contributed by atoms with Gasteiger partial charge < -0.3 is 20.7 Å². The van der Waals surface area contributed by atoms with Crippen molar-refractivity contribution in [2.75, 3.05) is 45.8 Å². The van der Waals surface area contributed by atoms with Crippen LogP contribution in [0.3, 0.4) is 0 Å². The molecule has 0 unspecified atom stereocenters. The summed E-state index contributed by atoms with van der Waals surface area (Å²) in [5.74, 6) is 1.21. The van der Waals surface area contributed by atoms with E-state index in [1.54, 1.807) is 6.07 Å². The van der Waals surface area contributed by atoms with E-state index in [-0.39, 0.29) is 6.10 Å². The summed E-state index contributed by atoms with van der Waals surface area (Å²) >= 11 is 0. The minimum Gasteiger partial charge on any atom is -0.446 e. The predicted molar refractivity (Wildman–Crippen MR) is 123 cm³/mol. The molecule has 0 bridgehead atoms. The first-order valence-corrected chi connectivity index (χ1v) is 13.3. The highest BCUT2D eigenvalue weighted by atomic mass is 32.2. The number of hydrogen-bond donors (Lipinski definition) is 2. The number of benzene rings is 1. The maximum absolute atomic E-state index is 13.2. The fourth-order valence-corrected chi connectivity index (χ4v) is 6.84. The molecule has 1 amide bonds. The van der Waals surface area contributed by atoms with Crippen LogP contribution in [-0.2, 0) is 14.8 Å². The van der Waals surface area contributed by atoms with Gasteiger partial charge in [0.25, 0.3) is 0 Å². The lowest BCUT2D eigenvalue weighted by molar-refractivity contribution is 0.0741. The molecule has 3 aliphatic heterocycles. The van der Waals surface area contributed by atoms with Crippen LogP contribution in [-0.4, -0.2) is 75.6 Å². The van der Waals surface area contributed by atoms with Crippen LogP contribution in [0.2, 0.25) is 0 Å². The summed E-state index contributed by atoms with van der Waals surface area (Å²) in [5, 5.41) is 3.44. The minimum atomic E-state index is -3.56. The monoisotopic (exact) mass is 464 g/mol. The zero-order chi connectivity index (χ0) is 22.6. The predicted octanol–water partition coefficient (Wildman–Crippen LogP) is 2.11. The summed E-state index contributed by atoms with van der Waals surface area (Å²) in [6, 6.07) is 7.50. The van der Waals surface area contributed by atoms with Crippen molar-refractivity contribution in [3.8, 4) is 0 Å². The average molecular weight is 465 g/mol. The van der Waals surface area contributed by atoms with Gasteiger partial charge in [-0.1, -0.05) is 12.1 Å². The van der Waals surface area contributed by atoms with Gasteiger partial charge >= 0.3 is 6.09 Å². The molecule has 0 radical (unpaired) electrons. The first kappa shape index (κ1) is 23.5. The van der Waals surface area contributed by atoms with Crippen molar-refractivity contribution in [1.82, 2.24) is 14.5 Å². The molecule has 0 aliphatic carbocycles. The topological polar surface area (TPSA) is 105 Å². The second-order valence-electron chi connectivity index (χ2n) is 9.38. The van der Waals surface area contributed by atoms with Crippen LogP contribution in [0.25, 0.3) is 0 Å². The van der Waals surface area contributed by atoms with Crippen LogP contribution in [0, 0.1) is 5.92 Å². The molecule has 1 aromatic carbocycles. The number of carbonyl (C=O) groups is 1. The molecule has 3 saturated heterocycles. The van der Waals surface area contributed by atoms with Gasteiger partial charge in [0.05, 0.1) is 4.90 Å². The molecule has 1 aromatic rings. The lowest BCUT2D eigenvalue weighted by atomic mass is 9.88. The number of hydrogen-bond acceptors (Lipinski definition) is 6. The Morgan fingerprint density at radius 2 is 1.72 bits per heavy atom. The number of nitrogens with zero attached hydrogens (tertiary/aromatic N) is 2. The number of ether oxygens (including phenoxy) is 1. The van der Waals surface area contributed by atoms with E-state index in [0.717, 1.165) is 50.5 Å². The van der Waals surface area contributed by atoms with E-state index >= 15 is 0 Å². The summed E-state index contributed by atoms with van der Waals surface area (Å²) in [4.78, 5) is 13.9. The molecular weight excluding hydrogens is 428 g/mol. The standard InChI is InChI=1S/C23H36N4O4S/c24-23(28)31-21-8-14-27(15-9-21)32(29,30)22-3-1-2-20(16-22)19-6-12-26(13-7-19)17-18-4-10-25-11-5-18/h1-3,16,18-19,21,25H,4-15,17H2,(H2,24,28). The number of amides is 1. The van der Waals surface area contributed by atoms with Gasteiger partial charge in [-0.05, 0) is 94.2 Å². The van der Waals surface area contributed by atoms with Gasteiger partial charge in [-0.2, -0.15) is 4.31 Å². The van der Waals surface area contributed by atoms with E-state index in [9.17, 15) is 13.2 Å².